The highest BCUT2D eigenvalue weighted by Crippen LogP contribution is 2.16. The van der Waals surface area contributed by atoms with Crippen molar-refractivity contribution in [2.45, 2.75) is 32.0 Å². The zero-order valence-corrected chi connectivity index (χ0v) is 11.8. The molecule has 0 bridgehead atoms. The van der Waals surface area contributed by atoms with Gasteiger partial charge in [-0.1, -0.05) is 24.3 Å². The van der Waals surface area contributed by atoms with Gasteiger partial charge in [0.05, 0.1) is 12.7 Å². The first kappa shape index (κ1) is 13.1. The highest BCUT2D eigenvalue weighted by atomic mass is 16.6. The van der Waals surface area contributed by atoms with E-state index < -0.39 is 0 Å². The summed E-state index contributed by atoms with van der Waals surface area (Å²) in [5.74, 6) is 0. The number of likely N-dealkylation sites (tertiary alicyclic amines) is 1. The Hall–Kier alpha value is -0.900. The van der Waals surface area contributed by atoms with Gasteiger partial charge in [-0.25, -0.2) is 0 Å². The van der Waals surface area contributed by atoms with E-state index >= 15 is 0 Å². The quantitative estimate of drug-likeness (QED) is 0.730. The molecule has 1 aromatic rings. The normalized spacial score (nSPS) is 23.2. The molecule has 2 fully saturated rings. The standard InChI is InChI=1S/C16H24N2O/c1-17(12-16-13-19-16)10-14-5-4-6-15(9-14)11-18-7-2-3-8-18/h4-6,9,16H,2-3,7-8,10-13H2,1H3/t16-/m1/s1. The smallest absolute Gasteiger partial charge is 0.0936 e. The Bertz CT molecular complexity index is 411. The minimum Gasteiger partial charge on any atom is -0.372 e. The van der Waals surface area contributed by atoms with E-state index in [9.17, 15) is 0 Å². The van der Waals surface area contributed by atoms with Crippen LogP contribution in [0.2, 0.25) is 0 Å². The molecule has 0 N–H and O–H groups in total. The molecule has 0 spiro atoms. The zero-order valence-electron chi connectivity index (χ0n) is 11.8. The molecule has 0 aliphatic carbocycles. The van der Waals surface area contributed by atoms with Gasteiger partial charge in [0.1, 0.15) is 0 Å². The van der Waals surface area contributed by atoms with Gasteiger partial charge < -0.3 is 4.74 Å². The van der Waals surface area contributed by atoms with E-state index in [1.54, 1.807) is 0 Å². The number of hydrogen-bond donors (Lipinski definition) is 0. The van der Waals surface area contributed by atoms with E-state index in [0.29, 0.717) is 6.10 Å². The van der Waals surface area contributed by atoms with E-state index in [4.69, 9.17) is 4.74 Å². The minimum atomic E-state index is 0.484. The van der Waals surface area contributed by atoms with Crippen molar-refractivity contribution >= 4 is 0 Å². The highest BCUT2D eigenvalue weighted by molar-refractivity contribution is 5.23. The molecule has 1 aromatic carbocycles. The lowest BCUT2D eigenvalue weighted by molar-refractivity contribution is 0.278. The van der Waals surface area contributed by atoms with E-state index in [0.717, 1.165) is 26.2 Å². The molecule has 2 aliphatic rings. The second kappa shape index (κ2) is 6.04. The fourth-order valence-electron chi connectivity index (χ4n) is 2.92. The second-order valence-electron chi connectivity index (χ2n) is 5.96. The van der Waals surface area contributed by atoms with Crippen LogP contribution in [-0.2, 0) is 17.8 Å². The van der Waals surface area contributed by atoms with Crippen molar-refractivity contribution in [1.29, 1.82) is 0 Å². The van der Waals surface area contributed by atoms with E-state index in [1.807, 2.05) is 0 Å². The molecular weight excluding hydrogens is 236 g/mol. The molecule has 0 aromatic heterocycles. The van der Waals surface area contributed by atoms with Gasteiger partial charge in [-0.2, -0.15) is 0 Å². The summed E-state index contributed by atoms with van der Waals surface area (Å²) in [5.41, 5.74) is 2.87. The summed E-state index contributed by atoms with van der Waals surface area (Å²) >= 11 is 0. The molecule has 3 nitrogen and oxygen atoms in total. The number of rotatable bonds is 6. The van der Waals surface area contributed by atoms with E-state index in [-0.39, 0.29) is 0 Å². The van der Waals surface area contributed by atoms with Gasteiger partial charge in [0.15, 0.2) is 0 Å². The van der Waals surface area contributed by atoms with Crippen LogP contribution in [0.3, 0.4) is 0 Å². The van der Waals surface area contributed by atoms with Gasteiger partial charge in [-0.15, -0.1) is 0 Å². The first-order chi connectivity index (χ1) is 9.29. The lowest BCUT2D eigenvalue weighted by Gasteiger charge is -2.18. The summed E-state index contributed by atoms with van der Waals surface area (Å²) in [6.45, 7) is 6.67. The van der Waals surface area contributed by atoms with Crippen LogP contribution in [0.15, 0.2) is 24.3 Å². The van der Waals surface area contributed by atoms with Crippen molar-refractivity contribution in [2.24, 2.45) is 0 Å². The van der Waals surface area contributed by atoms with Crippen LogP contribution in [0.4, 0.5) is 0 Å². The predicted octanol–water partition coefficient (Wildman–Crippen LogP) is 2.11. The summed E-state index contributed by atoms with van der Waals surface area (Å²) < 4.78 is 5.28. The summed E-state index contributed by atoms with van der Waals surface area (Å²) in [6, 6.07) is 9.05. The highest BCUT2D eigenvalue weighted by Gasteiger charge is 2.23. The first-order valence-electron chi connectivity index (χ1n) is 7.40. The number of ether oxygens (including phenoxy) is 1. The Balaban J connectivity index is 1.55. The second-order valence-corrected chi connectivity index (χ2v) is 5.96. The molecule has 2 saturated heterocycles. The third-order valence-corrected chi connectivity index (χ3v) is 3.97. The lowest BCUT2D eigenvalue weighted by Crippen LogP contribution is -2.23. The van der Waals surface area contributed by atoms with Crippen LogP contribution in [0.5, 0.6) is 0 Å². The first-order valence-corrected chi connectivity index (χ1v) is 7.40. The fraction of sp³-hybridized carbons (Fsp3) is 0.625. The molecule has 19 heavy (non-hydrogen) atoms. The Morgan fingerprint density at radius 2 is 2.00 bits per heavy atom. The summed E-state index contributed by atoms with van der Waals surface area (Å²) in [6.07, 6.45) is 3.21. The van der Waals surface area contributed by atoms with Gasteiger partial charge in [0, 0.05) is 19.6 Å². The number of nitrogens with zero attached hydrogens (tertiary/aromatic N) is 2. The summed E-state index contributed by atoms with van der Waals surface area (Å²) in [4.78, 5) is 4.91. The molecular formula is C16H24N2O. The number of hydrogen-bond acceptors (Lipinski definition) is 3. The number of benzene rings is 1. The lowest BCUT2D eigenvalue weighted by atomic mass is 10.1. The van der Waals surface area contributed by atoms with Gasteiger partial charge in [0.25, 0.3) is 0 Å². The third kappa shape index (κ3) is 4.03. The molecule has 2 heterocycles. The largest absolute Gasteiger partial charge is 0.372 e. The predicted molar refractivity (Wildman–Crippen MR) is 77.0 cm³/mol. The van der Waals surface area contributed by atoms with Crippen LogP contribution in [0.1, 0.15) is 24.0 Å². The zero-order chi connectivity index (χ0) is 13.1. The van der Waals surface area contributed by atoms with Gasteiger partial charge in [0.2, 0.25) is 0 Å². The third-order valence-electron chi connectivity index (χ3n) is 3.97. The average molecular weight is 260 g/mol. The van der Waals surface area contributed by atoms with Gasteiger partial charge in [-0.3, -0.25) is 9.80 Å². The number of epoxide rings is 1. The van der Waals surface area contributed by atoms with Crippen molar-refractivity contribution in [2.75, 3.05) is 33.3 Å². The molecule has 3 heteroatoms. The van der Waals surface area contributed by atoms with Crippen molar-refractivity contribution in [3.05, 3.63) is 35.4 Å². The molecule has 3 rings (SSSR count). The van der Waals surface area contributed by atoms with E-state index in [2.05, 4.69) is 41.1 Å². The number of likely N-dealkylation sites (N-methyl/N-ethyl adjacent to an activating group) is 1. The molecule has 2 aliphatic heterocycles. The Labute approximate surface area is 116 Å². The van der Waals surface area contributed by atoms with Crippen molar-refractivity contribution in [1.82, 2.24) is 9.80 Å². The Kier molecular flexibility index (Phi) is 4.16. The maximum Gasteiger partial charge on any atom is 0.0936 e. The van der Waals surface area contributed by atoms with Crippen LogP contribution in [-0.4, -0.2) is 49.2 Å². The monoisotopic (exact) mass is 260 g/mol. The molecule has 104 valence electrons. The Morgan fingerprint density at radius 3 is 2.74 bits per heavy atom. The van der Waals surface area contributed by atoms with Crippen LogP contribution >= 0.6 is 0 Å². The molecule has 0 unspecified atom stereocenters. The summed E-state index contributed by atoms with van der Waals surface area (Å²) in [7, 11) is 2.18. The van der Waals surface area contributed by atoms with Crippen LogP contribution in [0, 0.1) is 0 Å². The maximum atomic E-state index is 5.28. The SMILES string of the molecule is CN(Cc1cccc(CN2CCCC2)c1)C[C@@H]1CO1. The molecule has 0 radical (unpaired) electrons. The van der Waals surface area contributed by atoms with Crippen molar-refractivity contribution in [3.8, 4) is 0 Å². The molecule has 0 saturated carbocycles. The van der Waals surface area contributed by atoms with Crippen molar-refractivity contribution < 1.29 is 4.74 Å². The summed E-state index contributed by atoms with van der Waals surface area (Å²) in [5, 5.41) is 0. The van der Waals surface area contributed by atoms with Crippen LogP contribution in [0.25, 0.3) is 0 Å². The van der Waals surface area contributed by atoms with Gasteiger partial charge in [-0.05, 0) is 44.1 Å². The van der Waals surface area contributed by atoms with Crippen LogP contribution < -0.4 is 0 Å². The maximum absolute atomic E-state index is 5.28. The van der Waals surface area contributed by atoms with Gasteiger partial charge >= 0.3 is 0 Å². The molecule has 0 amide bonds. The van der Waals surface area contributed by atoms with Crippen molar-refractivity contribution in [3.63, 3.8) is 0 Å². The Morgan fingerprint density at radius 1 is 1.26 bits per heavy atom. The minimum absolute atomic E-state index is 0.484. The fourth-order valence-corrected chi connectivity index (χ4v) is 2.92. The topological polar surface area (TPSA) is 19.0 Å². The molecule has 1 atom stereocenters. The average Bonchev–Trinajstić information content (AvgIpc) is 3.04. The van der Waals surface area contributed by atoms with E-state index in [1.165, 1.54) is 37.1 Å².